The Morgan fingerprint density at radius 2 is 1.76 bits per heavy atom. The minimum absolute atomic E-state index is 1.30. The average Bonchev–Trinajstić information content (AvgIpc) is 2.76. The molecule has 0 aliphatic rings. The van der Waals surface area contributed by atoms with Gasteiger partial charge >= 0.3 is 0 Å². The summed E-state index contributed by atoms with van der Waals surface area (Å²) >= 11 is 3.68. The molecule has 0 unspecified atom stereocenters. The molecule has 3 aromatic rings. The van der Waals surface area contributed by atoms with Crippen LogP contribution in [0.5, 0.6) is 0 Å². The summed E-state index contributed by atoms with van der Waals surface area (Å²) in [5.74, 6) is 0. The Morgan fingerprint density at radius 1 is 0.941 bits per heavy atom. The molecule has 17 heavy (non-hydrogen) atoms. The van der Waals surface area contributed by atoms with Gasteiger partial charge in [-0.1, -0.05) is 48.2 Å². The molecule has 0 saturated carbocycles. The molecule has 1 aromatic heterocycles. The highest BCUT2D eigenvalue weighted by Crippen LogP contribution is 2.38. The van der Waals surface area contributed by atoms with Crippen molar-refractivity contribution >= 4 is 33.2 Å². The normalized spacial score (nSPS) is 10.9. The predicted octanol–water partition coefficient (Wildman–Crippen LogP) is 5.36. The summed E-state index contributed by atoms with van der Waals surface area (Å²) in [6.07, 6.45) is 0. The van der Waals surface area contributed by atoms with Gasteiger partial charge in [-0.05, 0) is 24.6 Å². The van der Waals surface area contributed by atoms with Gasteiger partial charge in [-0.15, -0.1) is 11.3 Å². The van der Waals surface area contributed by atoms with Crippen LogP contribution in [-0.4, -0.2) is 0 Å². The van der Waals surface area contributed by atoms with Gasteiger partial charge in [0.2, 0.25) is 0 Å². The Balaban J connectivity index is 2.05. The topological polar surface area (TPSA) is 0 Å². The van der Waals surface area contributed by atoms with Gasteiger partial charge in [-0.25, -0.2) is 0 Å². The largest absolute Gasteiger partial charge is 0.142 e. The molecule has 2 heteroatoms. The fourth-order valence-corrected chi connectivity index (χ4v) is 4.01. The number of aryl methyl sites for hydroxylation is 1. The summed E-state index contributed by atoms with van der Waals surface area (Å²) in [7, 11) is 0. The van der Waals surface area contributed by atoms with Crippen molar-refractivity contribution in [2.45, 2.75) is 16.7 Å². The van der Waals surface area contributed by atoms with Crippen molar-refractivity contribution in [1.82, 2.24) is 0 Å². The molecular weight excluding hydrogens is 244 g/mol. The molecule has 1 heterocycles. The lowest BCUT2D eigenvalue weighted by Gasteiger charge is -2.00. The fraction of sp³-hybridized carbons (Fsp3) is 0.0667. The molecule has 0 bridgehead atoms. The maximum atomic E-state index is 2.26. The molecule has 0 spiro atoms. The van der Waals surface area contributed by atoms with Crippen LogP contribution >= 0.6 is 23.1 Å². The lowest BCUT2D eigenvalue weighted by atomic mass is 10.2. The second-order valence-corrected chi connectivity index (χ2v) is 5.96. The third-order valence-electron chi connectivity index (χ3n) is 2.73. The van der Waals surface area contributed by atoms with E-state index in [4.69, 9.17) is 0 Å². The van der Waals surface area contributed by atoms with E-state index in [0.717, 1.165) is 0 Å². The molecule has 0 fully saturated rings. The second kappa shape index (κ2) is 4.55. The van der Waals surface area contributed by atoms with Gasteiger partial charge in [0.25, 0.3) is 0 Å². The number of hydrogen-bond donors (Lipinski definition) is 0. The Kier molecular flexibility index (Phi) is 2.91. The quantitative estimate of drug-likeness (QED) is 0.594. The average molecular weight is 256 g/mol. The van der Waals surface area contributed by atoms with Gasteiger partial charge in [-0.2, -0.15) is 0 Å². The molecule has 0 aliphatic carbocycles. The summed E-state index contributed by atoms with van der Waals surface area (Å²) in [6, 6.07) is 17.1. The molecule has 0 saturated heterocycles. The molecule has 2 aromatic carbocycles. The molecule has 0 N–H and O–H groups in total. The van der Waals surface area contributed by atoms with Gasteiger partial charge in [0.05, 0.1) is 0 Å². The number of thiophene rings is 1. The van der Waals surface area contributed by atoms with Crippen LogP contribution in [0.3, 0.4) is 0 Å². The SMILES string of the molecule is Cc1cccc2c(Sc3ccccc3)csc12. The third-order valence-corrected chi connectivity index (χ3v) is 5.08. The number of fused-ring (bicyclic) bond motifs is 1. The Labute approximate surface area is 109 Å². The first-order valence-electron chi connectivity index (χ1n) is 5.54. The minimum atomic E-state index is 1.30. The first kappa shape index (κ1) is 10.9. The van der Waals surface area contributed by atoms with E-state index in [2.05, 4.69) is 60.8 Å². The van der Waals surface area contributed by atoms with Crippen LogP contribution in [0.1, 0.15) is 5.56 Å². The molecule has 84 valence electrons. The van der Waals surface area contributed by atoms with Crippen molar-refractivity contribution in [2.24, 2.45) is 0 Å². The summed E-state index contributed by atoms with van der Waals surface area (Å²) in [5.41, 5.74) is 1.37. The Bertz CT molecular complexity index is 638. The van der Waals surface area contributed by atoms with E-state index in [0.29, 0.717) is 0 Å². The summed E-state index contributed by atoms with van der Waals surface area (Å²) in [6.45, 7) is 2.18. The molecule has 0 amide bonds. The van der Waals surface area contributed by atoms with E-state index in [1.807, 2.05) is 23.1 Å². The fourth-order valence-electron chi connectivity index (χ4n) is 1.87. The van der Waals surface area contributed by atoms with Crippen LogP contribution in [-0.2, 0) is 0 Å². The highest BCUT2D eigenvalue weighted by Gasteiger charge is 2.06. The van der Waals surface area contributed by atoms with E-state index < -0.39 is 0 Å². The zero-order valence-electron chi connectivity index (χ0n) is 9.51. The zero-order chi connectivity index (χ0) is 11.7. The smallest absolute Gasteiger partial charge is 0.0383 e. The lowest BCUT2D eigenvalue weighted by molar-refractivity contribution is 1.45. The highest BCUT2D eigenvalue weighted by atomic mass is 32.2. The van der Waals surface area contributed by atoms with Crippen LogP contribution in [0.15, 0.2) is 63.7 Å². The second-order valence-electron chi connectivity index (χ2n) is 3.97. The van der Waals surface area contributed by atoms with E-state index in [1.165, 1.54) is 25.4 Å². The first-order valence-corrected chi connectivity index (χ1v) is 7.24. The molecule has 0 aliphatic heterocycles. The number of hydrogen-bond acceptors (Lipinski definition) is 2. The maximum absolute atomic E-state index is 2.26. The van der Waals surface area contributed by atoms with Crippen molar-refractivity contribution in [1.29, 1.82) is 0 Å². The van der Waals surface area contributed by atoms with E-state index in [9.17, 15) is 0 Å². The van der Waals surface area contributed by atoms with E-state index in [-0.39, 0.29) is 0 Å². The summed E-state index contributed by atoms with van der Waals surface area (Å²) < 4.78 is 1.41. The lowest BCUT2D eigenvalue weighted by Crippen LogP contribution is -1.73. The van der Waals surface area contributed by atoms with Gasteiger partial charge in [0.1, 0.15) is 0 Å². The Hall–Kier alpha value is -1.25. The number of rotatable bonds is 2. The molecule has 0 radical (unpaired) electrons. The van der Waals surface area contributed by atoms with E-state index in [1.54, 1.807) is 0 Å². The molecule has 0 nitrogen and oxygen atoms in total. The van der Waals surface area contributed by atoms with Crippen LogP contribution in [0.2, 0.25) is 0 Å². The highest BCUT2D eigenvalue weighted by molar-refractivity contribution is 7.99. The van der Waals surface area contributed by atoms with Crippen molar-refractivity contribution in [2.75, 3.05) is 0 Å². The van der Waals surface area contributed by atoms with Crippen LogP contribution < -0.4 is 0 Å². The molecule has 3 rings (SSSR count). The zero-order valence-corrected chi connectivity index (χ0v) is 11.1. The first-order chi connectivity index (χ1) is 8.34. The van der Waals surface area contributed by atoms with Crippen molar-refractivity contribution in [3.05, 3.63) is 59.5 Å². The predicted molar refractivity (Wildman–Crippen MR) is 77.1 cm³/mol. The van der Waals surface area contributed by atoms with Crippen LogP contribution in [0, 0.1) is 6.92 Å². The van der Waals surface area contributed by atoms with Gasteiger partial charge < -0.3 is 0 Å². The van der Waals surface area contributed by atoms with Gasteiger partial charge in [0.15, 0.2) is 0 Å². The van der Waals surface area contributed by atoms with Crippen molar-refractivity contribution in [3.63, 3.8) is 0 Å². The minimum Gasteiger partial charge on any atom is -0.142 e. The van der Waals surface area contributed by atoms with Crippen molar-refractivity contribution < 1.29 is 0 Å². The van der Waals surface area contributed by atoms with Crippen LogP contribution in [0.4, 0.5) is 0 Å². The number of benzene rings is 2. The molecule has 0 atom stereocenters. The third kappa shape index (κ3) is 2.11. The maximum Gasteiger partial charge on any atom is 0.0383 e. The van der Waals surface area contributed by atoms with Gasteiger partial charge in [0, 0.05) is 25.3 Å². The van der Waals surface area contributed by atoms with E-state index >= 15 is 0 Å². The van der Waals surface area contributed by atoms with Crippen LogP contribution in [0.25, 0.3) is 10.1 Å². The summed E-state index contributed by atoms with van der Waals surface area (Å²) in [5, 5.41) is 3.64. The summed E-state index contributed by atoms with van der Waals surface area (Å²) in [4.78, 5) is 2.66. The molecular formula is C15H12S2. The van der Waals surface area contributed by atoms with Gasteiger partial charge in [-0.3, -0.25) is 0 Å². The van der Waals surface area contributed by atoms with Crippen molar-refractivity contribution in [3.8, 4) is 0 Å². The Morgan fingerprint density at radius 3 is 2.59 bits per heavy atom. The monoisotopic (exact) mass is 256 g/mol. The standard InChI is InChI=1S/C15H12S2/c1-11-6-5-9-13-14(10-16-15(11)13)17-12-7-3-2-4-8-12/h2-10H,1H3.